The number of hydrogen-bond donors (Lipinski definition) is 0. The van der Waals surface area contributed by atoms with Crippen LogP contribution in [0.25, 0.3) is 0 Å². The Kier molecular flexibility index (Phi) is 21.5. The van der Waals surface area contributed by atoms with E-state index in [0.717, 1.165) is 25.7 Å². The predicted octanol–water partition coefficient (Wildman–Crippen LogP) is 14.7. The van der Waals surface area contributed by atoms with Crippen LogP contribution in [0.4, 0.5) is 0 Å². The molecule has 8 heteroatoms. The molecule has 0 bridgehead atoms. The van der Waals surface area contributed by atoms with Gasteiger partial charge in [-0.1, -0.05) is 159 Å². The summed E-state index contributed by atoms with van der Waals surface area (Å²) in [5, 5.41) is 0.311. The Labute approximate surface area is 328 Å². The summed E-state index contributed by atoms with van der Waals surface area (Å²) in [7, 11) is -6.24. The molecule has 0 amide bonds. The number of cyclic esters (lactones) is 1. The van der Waals surface area contributed by atoms with E-state index in [0.29, 0.717) is 6.42 Å². The topological polar surface area (TPSA) is 54.0 Å². The molecule has 1 aliphatic heterocycles. The molecule has 52 heavy (non-hydrogen) atoms. The summed E-state index contributed by atoms with van der Waals surface area (Å²) in [6.45, 7) is 37.6. The van der Waals surface area contributed by atoms with Gasteiger partial charge in [-0.3, -0.25) is 0 Å². The molecule has 0 radical (unpaired) electrons. The van der Waals surface area contributed by atoms with E-state index in [-0.39, 0.29) is 45.5 Å². The van der Waals surface area contributed by atoms with Crippen LogP contribution in [-0.2, 0) is 22.8 Å². The molecule has 0 aromatic rings. The number of carbonyl (C=O) groups is 1. The average Bonchev–Trinajstić information content (AvgIpc) is 2.97. The van der Waals surface area contributed by atoms with Gasteiger partial charge in [0.15, 0.2) is 25.0 Å². The lowest BCUT2D eigenvalue weighted by Crippen LogP contribution is -2.49. The van der Waals surface area contributed by atoms with Gasteiger partial charge in [-0.15, -0.1) is 0 Å². The molecule has 0 unspecified atom stereocenters. The van der Waals surface area contributed by atoms with Crippen molar-refractivity contribution < 1.29 is 22.8 Å². The lowest BCUT2D eigenvalue weighted by atomic mass is 9.97. The molecule has 4 atom stereocenters. The van der Waals surface area contributed by atoms with E-state index in [9.17, 15) is 4.79 Å². The Hall–Kier alpha value is -0.259. The van der Waals surface area contributed by atoms with E-state index >= 15 is 0 Å². The highest BCUT2D eigenvalue weighted by atomic mass is 28.4. The van der Waals surface area contributed by atoms with Crippen LogP contribution in [0.5, 0.6) is 0 Å². The largest absolute Gasteiger partial charge is 0.459 e. The summed E-state index contributed by atoms with van der Waals surface area (Å²) >= 11 is 0. The van der Waals surface area contributed by atoms with Gasteiger partial charge < -0.3 is 18.0 Å². The molecule has 0 aliphatic carbocycles. The molecule has 1 rings (SSSR count). The molecule has 1 aliphatic rings. The van der Waals surface area contributed by atoms with Crippen LogP contribution < -0.4 is 0 Å². The van der Waals surface area contributed by atoms with E-state index in [1.807, 2.05) is 6.08 Å². The first-order chi connectivity index (χ1) is 23.8. The number of esters is 1. The summed E-state index contributed by atoms with van der Waals surface area (Å²) in [6.07, 6.45) is 25.4. The maximum absolute atomic E-state index is 12.3. The van der Waals surface area contributed by atoms with Gasteiger partial charge in [-0.05, 0) is 73.7 Å². The molecule has 0 aromatic heterocycles. The van der Waals surface area contributed by atoms with Crippen molar-refractivity contribution in [1.82, 2.24) is 0 Å². The van der Waals surface area contributed by atoms with Crippen LogP contribution in [0.3, 0.4) is 0 Å². The molecule has 0 saturated heterocycles. The molecule has 0 spiro atoms. The maximum Gasteiger partial charge on any atom is 0.330 e. The first-order valence-corrected chi connectivity index (χ1v) is 30.4. The van der Waals surface area contributed by atoms with Crippen LogP contribution in [0, 0.1) is 0 Å². The van der Waals surface area contributed by atoms with Crippen LogP contribution >= 0.6 is 0 Å². The lowest BCUT2D eigenvalue weighted by Gasteiger charge is -2.45. The molecule has 308 valence electrons. The summed E-state index contributed by atoms with van der Waals surface area (Å²) in [5.74, 6) is -0.239. The molecule has 0 aromatic carbocycles. The van der Waals surface area contributed by atoms with Gasteiger partial charge in [-0.25, -0.2) is 4.79 Å². The van der Waals surface area contributed by atoms with Gasteiger partial charge in [-0.2, -0.15) is 0 Å². The number of unbranched alkanes of at least 4 members (excludes halogenated alkanes) is 12. The van der Waals surface area contributed by atoms with Crippen molar-refractivity contribution in [1.29, 1.82) is 0 Å². The minimum absolute atomic E-state index is 0.0160. The van der Waals surface area contributed by atoms with Crippen molar-refractivity contribution in [2.75, 3.05) is 0 Å². The van der Waals surface area contributed by atoms with Gasteiger partial charge in [0.05, 0.1) is 6.10 Å². The number of rotatable bonds is 26. The monoisotopic (exact) mass is 783 g/mol. The third-order valence-electron chi connectivity index (χ3n) is 12.9. The average molecular weight is 783 g/mol. The fourth-order valence-electron chi connectivity index (χ4n) is 6.37. The summed E-state index contributed by atoms with van der Waals surface area (Å²) in [6, 6.07) is 0. The van der Waals surface area contributed by atoms with Gasteiger partial charge in [0.1, 0.15) is 6.10 Å². The highest BCUT2D eigenvalue weighted by molar-refractivity contribution is 6.75. The molecule has 5 nitrogen and oxygen atoms in total. The predicted molar refractivity (Wildman–Crippen MR) is 234 cm³/mol. The highest BCUT2D eigenvalue weighted by Crippen LogP contribution is 2.43. The molecular formula is C44H90O5Si3. The lowest BCUT2D eigenvalue weighted by molar-refractivity contribution is -0.145. The highest BCUT2D eigenvalue weighted by Gasteiger charge is 2.44. The second-order valence-electron chi connectivity index (χ2n) is 20.9. The van der Waals surface area contributed by atoms with Crippen molar-refractivity contribution in [3.8, 4) is 0 Å². The summed E-state index contributed by atoms with van der Waals surface area (Å²) < 4.78 is 27.7. The van der Waals surface area contributed by atoms with Crippen molar-refractivity contribution in [3.63, 3.8) is 0 Å². The molecule has 0 N–H and O–H groups in total. The van der Waals surface area contributed by atoms with Gasteiger partial charge in [0, 0.05) is 31.1 Å². The Balaban J connectivity index is 3.17. The quantitative estimate of drug-likeness (QED) is 0.0497. The zero-order valence-corrected chi connectivity index (χ0v) is 40.7. The first-order valence-electron chi connectivity index (χ1n) is 21.7. The van der Waals surface area contributed by atoms with Crippen molar-refractivity contribution in [3.05, 3.63) is 12.2 Å². The molecule has 0 saturated carbocycles. The van der Waals surface area contributed by atoms with Crippen molar-refractivity contribution in [2.24, 2.45) is 0 Å². The molecule has 0 fully saturated rings. The fraction of sp³-hybridized carbons (Fsp3) is 0.932. The molecule has 1 heterocycles. The van der Waals surface area contributed by atoms with Gasteiger partial charge >= 0.3 is 5.97 Å². The van der Waals surface area contributed by atoms with Crippen LogP contribution in [0.1, 0.15) is 185 Å². The standard InChI is InChI=1S/C44H90O5Si3/c1-17-18-19-20-21-22-23-24-25-26-27-28-29-31-38(47-50(11,12)42(2,3)4)35-40(49-52(15,16)44(8,9)10)36-39(48-51(13,14)43(5,6)7)34-37-32-30-33-41(45)46-37/h30,33,37-40H,17-29,31-32,34-36H2,1-16H3/t37-,38+,39-,40+/m1/s1. The second kappa shape index (κ2) is 22.5. The zero-order valence-electron chi connectivity index (χ0n) is 37.7. The van der Waals surface area contributed by atoms with E-state index in [2.05, 4.69) is 109 Å². The summed E-state index contributed by atoms with van der Waals surface area (Å²) in [5.41, 5.74) is 0. The van der Waals surface area contributed by atoms with E-state index < -0.39 is 25.0 Å². The van der Waals surface area contributed by atoms with Gasteiger partial charge in [0.2, 0.25) is 0 Å². The Bertz CT molecular complexity index is 1020. The van der Waals surface area contributed by atoms with Crippen LogP contribution in [0.15, 0.2) is 12.2 Å². The number of ether oxygens (including phenoxy) is 1. The Morgan fingerprint density at radius 2 is 0.962 bits per heavy atom. The minimum atomic E-state index is -2.11. The number of carbonyl (C=O) groups excluding carboxylic acids is 1. The van der Waals surface area contributed by atoms with Crippen molar-refractivity contribution in [2.45, 2.75) is 264 Å². The molecular weight excluding hydrogens is 693 g/mol. The van der Waals surface area contributed by atoms with E-state index in [4.69, 9.17) is 18.0 Å². The minimum Gasteiger partial charge on any atom is -0.459 e. The summed E-state index contributed by atoms with van der Waals surface area (Å²) in [4.78, 5) is 12.3. The Morgan fingerprint density at radius 3 is 1.37 bits per heavy atom. The van der Waals surface area contributed by atoms with Crippen LogP contribution in [0.2, 0.25) is 54.4 Å². The zero-order chi connectivity index (χ0) is 39.9. The van der Waals surface area contributed by atoms with E-state index in [1.54, 1.807) is 6.08 Å². The fourth-order valence-corrected chi connectivity index (χ4v) is 10.5. The van der Waals surface area contributed by atoms with Crippen LogP contribution in [-0.4, -0.2) is 55.3 Å². The second-order valence-corrected chi connectivity index (χ2v) is 35.2. The SMILES string of the molecule is CCCCCCCCCCCCCCC[C@@H](C[C@@H](C[C@@H](C[C@H]1CC=CC(=O)O1)O[Si](C)(C)C(C)(C)C)O[Si](C)(C)C(C)(C)C)O[Si](C)(C)C(C)(C)C. The van der Waals surface area contributed by atoms with Crippen molar-refractivity contribution >= 4 is 30.9 Å². The van der Waals surface area contributed by atoms with E-state index in [1.165, 1.54) is 83.5 Å². The Morgan fingerprint density at radius 1 is 0.596 bits per heavy atom. The smallest absolute Gasteiger partial charge is 0.330 e. The third kappa shape index (κ3) is 19.1. The number of hydrogen-bond acceptors (Lipinski definition) is 5. The first kappa shape index (κ1) is 49.8. The maximum atomic E-state index is 12.3. The van der Waals surface area contributed by atoms with Gasteiger partial charge in [0.25, 0.3) is 0 Å². The normalized spacial score (nSPS) is 18.4. The third-order valence-corrected chi connectivity index (χ3v) is 26.6.